The molecule has 9 nitrogen and oxygen atoms in total. The summed E-state index contributed by atoms with van der Waals surface area (Å²) in [4.78, 5) is 15.5. The molecule has 0 saturated heterocycles. The maximum absolute atomic E-state index is 13.8. The molecule has 0 amide bonds. The summed E-state index contributed by atoms with van der Waals surface area (Å²) in [5, 5.41) is 11.3. The molecule has 0 radical (unpaired) electrons. The third-order valence-corrected chi connectivity index (χ3v) is 16.2. The lowest BCUT2D eigenvalue weighted by Crippen LogP contribution is -2.18. The summed E-state index contributed by atoms with van der Waals surface area (Å²) < 4.78 is 47.9. The van der Waals surface area contributed by atoms with E-state index in [4.69, 9.17) is 32.6 Å². The minimum Gasteiger partial charge on any atom is -0.493 e. The van der Waals surface area contributed by atoms with Gasteiger partial charge in [0, 0.05) is 39.5 Å². The summed E-state index contributed by atoms with van der Waals surface area (Å²) in [5.74, 6) is 3.17. The van der Waals surface area contributed by atoms with E-state index in [1.54, 1.807) is 0 Å². The molecule has 0 unspecified atom stereocenters. The van der Waals surface area contributed by atoms with Crippen molar-refractivity contribution in [3.05, 3.63) is 54.6 Å². The molecule has 0 fully saturated rings. The SMILES string of the molecule is CCCCCCCOc1cc(OCCCCCCC)c(S(OC(=O)O)(c2ccccc2)c2c(OCCCCCCC)cc(OCCCCCCC)cc2OCCCCCCC)c(OCCCCCCC)c1. The van der Waals surface area contributed by atoms with Crippen LogP contribution in [0.4, 0.5) is 4.79 Å². The molecule has 0 heterocycles. The first-order valence-corrected chi connectivity index (χ1v) is 30.4. The lowest BCUT2D eigenvalue weighted by molar-refractivity contribution is 0.149. The number of unbranched alkanes of at least 4 members (excludes halogenated alkanes) is 24. The van der Waals surface area contributed by atoms with Gasteiger partial charge in [0.15, 0.2) is 0 Å². The average Bonchev–Trinajstić information content (AvgIpc) is 3.37. The molecule has 0 bridgehead atoms. The van der Waals surface area contributed by atoms with Gasteiger partial charge in [-0.1, -0.05) is 214 Å². The van der Waals surface area contributed by atoms with E-state index >= 15 is 0 Å². The Hall–Kier alpha value is -3.92. The fourth-order valence-electron chi connectivity index (χ4n) is 8.80. The van der Waals surface area contributed by atoms with Gasteiger partial charge in [0.25, 0.3) is 0 Å². The van der Waals surface area contributed by atoms with Crippen LogP contribution in [0.5, 0.6) is 34.5 Å². The van der Waals surface area contributed by atoms with Crippen LogP contribution < -0.4 is 28.4 Å². The second-order valence-electron chi connectivity index (χ2n) is 19.3. The number of carbonyl (C=O) groups is 1. The van der Waals surface area contributed by atoms with Gasteiger partial charge >= 0.3 is 6.16 Å². The Morgan fingerprint density at radius 1 is 0.366 bits per heavy atom. The van der Waals surface area contributed by atoms with E-state index in [1.807, 2.05) is 54.6 Å². The molecule has 71 heavy (non-hydrogen) atoms. The van der Waals surface area contributed by atoms with Crippen LogP contribution in [-0.2, 0) is 4.18 Å². The molecule has 0 aliphatic carbocycles. The summed E-state index contributed by atoms with van der Waals surface area (Å²) in [6.07, 6.45) is 30.9. The van der Waals surface area contributed by atoms with E-state index in [9.17, 15) is 9.90 Å². The molecular formula is C61H100O9S. The second-order valence-corrected chi connectivity index (χ2v) is 21.9. The molecule has 0 atom stereocenters. The maximum Gasteiger partial charge on any atom is 0.517 e. The van der Waals surface area contributed by atoms with E-state index in [1.165, 1.54) is 38.5 Å². The van der Waals surface area contributed by atoms with E-state index in [2.05, 4.69) is 41.5 Å². The van der Waals surface area contributed by atoms with Crippen molar-refractivity contribution >= 4 is 16.5 Å². The van der Waals surface area contributed by atoms with Crippen molar-refractivity contribution in [3.63, 3.8) is 0 Å². The average molecular weight is 1010 g/mol. The number of ether oxygens (including phenoxy) is 6. The molecule has 0 spiro atoms. The second kappa shape index (κ2) is 39.6. The molecular weight excluding hydrogens is 909 g/mol. The highest BCUT2D eigenvalue weighted by atomic mass is 32.3. The van der Waals surface area contributed by atoms with Crippen LogP contribution in [0.2, 0.25) is 0 Å². The molecule has 3 rings (SSSR count). The van der Waals surface area contributed by atoms with E-state index in [0.29, 0.717) is 88.8 Å². The van der Waals surface area contributed by atoms with Crippen LogP contribution in [0.1, 0.15) is 234 Å². The Bertz CT molecular complexity index is 1610. The first kappa shape index (κ1) is 61.4. The van der Waals surface area contributed by atoms with Crippen molar-refractivity contribution in [2.75, 3.05) is 39.6 Å². The smallest absolute Gasteiger partial charge is 0.493 e. The topological polar surface area (TPSA) is 102 Å². The highest BCUT2D eigenvalue weighted by Gasteiger charge is 2.46. The van der Waals surface area contributed by atoms with E-state index in [0.717, 1.165) is 154 Å². The Kier molecular flexibility index (Phi) is 34.2. The monoisotopic (exact) mass is 1010 g/mol. The Morgan fingerprint density at radius 3 is 0.873 bits per heavy atom. The van der Waals surface area contributed by atoms with Crippen LogP contribution in [0.15, 0.2) is 69.3 Å². The van der Waals surface area contributed by atoms with Crippen LogP contribution in [0.25, 0.3) is 0 Å². The predicted molar refractivity (Wildman–Crippen MR) is 296 cm³/mol. The Labute approximate surface area is 434 Å². The molecule has 10 heteroatoms. The van der Waals surface area contributed by atoms with Crippen LogP contribution in [-0.4, -0.2) is 50.9 Å². The van der Waals surface area contributed by atoms with Gasteiger partial charge in [-0.15, -0.1) is 0 Å². The lowest BCUT2D eigenvalue weighted by Gasteiger charge is -2.41. The lowest BCUT2D eigenvalue weighted by atomic mass is 10.2. The number of rotatable bonds is 46. The standard InChI is InChI=1S/C61H100O9S/c1-7-13-19-25-34-42-64-52-48-55(66-44-36-27-21-15-9-3)59(56(49-52)67-45-37-28-22-16-10-4)71(70-61(62)63,54-40-32-31-33-41-54)60-57(68-46-38-29-23-17-11-5)50-53(65-43-35-26-20-14-8-2)51-58(60)69-47-39-30-24-18-12-6/h31-33,40-41,48-51H,7-30,34-39,42-47H2,1-6H3,(H,62,63). The van der Waals surface area contributed by atoms with Crippen molar-refractivity contribution in [3.8, 4) is 34.5 Å². The molecule has 0 saturated carbocycles. The molecule has 3 aromatic carbocycles. The summed E-state index contributed by atoms with van der Waals surface area (Å²) in [6, 6.07) is 17.5. The molecule has 404 valence electrons. The summed E-state index contributed by atoms with van der Waals surface area (Å²) in [7, 11) is -3.37. The quantitative estimate of drug-likeness (QED) is 0.0554. The largest absolute Gasteiger partial charge is 0.517 e. The first-order valence-electron chi connectivity index (χ1n) is 28.8. The zero-order chi connectivity index (χ0) is 51.0. The first-order chi connectivity index (χ1) is 34.9. The number of carboxylic acid groups (broad SMARTS) is 1. The van der Waals surface area contributed by atoms with E-state index < -0.39 is 16.5 Å². The van der Waals surface area contributed by atoms with Crippen molar-refractivity contribution in [1.29, 1.82) is 0 Å². The zero-order valence-electron chi connectivity index (χ0n) is 45.8. The van der Waals surface area contributed by atoms with Gasteiger partial charge in [0.05, 0.1) is 39.6 Å². The normalized spacial score (nSPS) is 11.6. The van der Waals surface area contributed by atoms with E-state index in [-0.39, 0.29) is 0 Å². The summed E-state index contributed by atoms with van der Waals surface area (Å²) in [6.45, 7) is 16.2. The highest BCUT2D eigenvalue weighted by molar-refractivity contribution is 8.30. The van der Waals surface area contributed by atoms with Gasteiger partial charge in [-0.3, -0.25) is 0 Å². The van der Waals surface area contributed by atoms with Gasteiger partial charge in [0.1, 0.15) is 44.3 Å². The third kappa shape index (κ3) is 23.7. The van der Waals surface area contributed by atoms with Gasteiger partial charge in [0.2, 0.25) is 0 Å². The summed E-state index contributed by atoms with van der Waals surface area (Å²) >= 11 is 0. The van der Waals surface area contributed by atoms with Crippen molar-refractivity contribution in [2.45, 2.75) is 249 Å². The molecule has 3 aromatic rings. The fraction of sp³-hybridized carbons (Fsp3) is 0.689. The molecule has 0 aliphatic rings. The van der Waals surface area contributed by atoms with Gasteiger partial charge < -0.3 is 37.7 Å². The maximum atomic E-state index is 13.8. The van der Waals surface area contributed by atoms with Gasteiger partial charge in [-0.2, -0.15) is 0 Å². The third-order valence-electron chi connectivity index (χ3n) is 12.9. The Morgan fingerprint density at radius 2 is 0.620 bits per heavy atom. The van der Waals surface area contributed by atoms with Crippen LogP contribution >= 0.6 is 10.3 Å². The van der Waals surface area contributed by atoms with Gasteiger partial charge in [-0.25, -0.2) is 4.79 Å². The van der Waals surface area contributed by atoms with Crippen LogP contribution in [0.3, 0.4) is 0 Å². The molecule has 0 aliphatic heterocycles. The predicted octanol–water partition coefficient (Wildman–Crippen LogP) is 19.7. The van der Waals surface area contributed by atoms with Crippen molar-refractivity contribution < 1.29 is 42.5 Å². The van der Waals surface area contributed by atoms with Crippen molar-refractivity contribution in [2.24, 2.45) is 0 Å². The van der Waals surface area contributed by atoms with Gasteiger partial charge in [-0.05, 0) is 50.7 Å². The molecule has 1 N–H and O–H groups in total. The molecule has 0 aromatic heterocycles. The van der Waals surface area contributed by atoms with Crippen LogP contribution in [0, 0.1) is 0 Å². The minimum atomic E-state index is -3.37. The highest BCUT2D eigenvalue weighted by Crippen LogP contribution is 2.77. The number of hydrogen-bond acceptors (Lipinski definition) is 8. The zero-order valence-corrected chi connectivity index (χ0v) is 46.6. The summed E-state index contributed by atoms with van der Waals surface area (Å²) in [5.41, 5.74) is 0. The number of benzene rings is 3. The minimum absolute atomic E-state index is 0.429. The number of hydrogen-bond donors (Lipinski definition) is 1. The fourth-order valence-corrected chi connectivity index (χ4v) is 12.1. The Balaban J connectivity index is 2.48. The van der Waals surface area contributed by atoms with Crippen molar-refractivity contribution in [1.82, 2.24) is 0 Å².